The summed E-state index contributed by atoms with van der Waals surface area (Å²) in [7, 11) is 0. The molecule has 0 aliphatic carbocycles. The highest BCUT2D eigenvalue weighted by Gasteiger charge is 2.31. The Bertz CT molecular complexity index is 362. The van der Waals surface area contributed by atoms with Crippen molar-refractivity contribution in [1.29, 1.82) is 0 Å². The van der Waals surface area contributed by atoms with Gasteiger partial charge in [-0.05, 0) is 0 Å². The molecule has 0 saturated carbocycles. The van der Waals surface area contributed by atoms with E-state index in [2.05, 4.69) is 20.6 Å². The fourth-order valence-electron chi connectivity index (χ4n) is 1.07. The Kier molecular flexibility index (Phi) is 1.44. The lowest BCUT2D eigenvalue weighted by molar-refractivity contribution is 0.0898. The quantitative estimate of drug-likeness (QED) is 0.348. The lowest BCUT2D eigenvalue weighted by atomic mass is 10.3. The molecular weight excluding hydrogens is 172 g/mol. The van der Waals surface area contributed by atoms with Crippen molar-refractivity contribution < 1.29 is 4.79 Å². The first-order chi connectivity index (χ1) is 6.08. The monoisotopic (exact) mass is 180 g/mol. The van der Waals surface area contributed by atoms with Gasteiger partial charge in [0.05, 0.1) is 0 Å². The van der Waals surface area contributed by atoms with Crippen molar-refractivity contribution in [2.45, 2.75) is 5.91 Å². The van der Waals surface area contributed by atoms with E-state index in [4.69, 9.17) is 11.5 Å². The summed E-state index contributed by atoms with van der Waals surface area (Å²) >= 11 is 0. The highest BCUT2D eigenvalue weighted by Crippen LogP contribution is 2.14. The lowest BCUT2D eigenvalue weighted by Gasteiger charge is -2.31. The van der Waals surface area contributed by atoms with Crippen LogP contribution in [0.25, 0.3) is 0 Å². The van der Waals surface area contributed by atoms with Gasteiger partial charge in [-0.25, -0.2) is 9.97 Å². The molecule has 1 amide bonds. The number of anilines is 1. The second-order valence-electron chi connectivity index (χ2n) is 2.70. The molecule has 0 spiro atoms. The molecular formula is C6H8N6O. The van der Waals surface area contributed by atoms with Crippen LogP contribution in [-0.2, 0) is 0 Å². The summed E-state index contributed by atoms with van der Waals surface area (Å²) in [6, 6.07) is 0. The molecule has 0 unspecified atom stereocenters. The minimum atomic E-state index is -1.46. The Hall–Kier alpha value is -1.73. The molecule has 1 aliphatic heterocycles. The fourth-order valence-corrected chi connectivity index (χ4v) is 1.07. The maximum absolute atomic E-state index is 11.3. The normalized spacial score (nSPS) is 18.5. The SMILES string of the molecule is NC1(N)NC(=O)c2nccnc2N1. The highest BCUT2D eigenvalue weighted by atomic mass is 16.2. The number of nitrogens with two attached hydrogens (primary N) is 2. The van der Waals surface area contributed by atoms with Crippen LogP contribution >= 0.6 is 0 Å². The number of rotatable bonds is 0. The van der Waals surface area contributed by atoms with Crippen LogP contribution in [0.3, 0.4) is 0 Å². The van der Waals surface area contributed by atoms with E-state index >= 15 is 0 Å². The van der Waals surface area contributed by atoms with Gasteiger partial charge in [-0.2, -0.15) is 0 Å². The van der Waals surface area contributed by atoms with E-state index in [1.807, 2.05) is 0 Å². The van der Waals surface area contributed by atoms with Crippen LogP contribution in [0.1, 0.15) is 10.5 Å². The highest BCUT2D eigenvalue weighted by molar-refractivity contribution is 5.99. The van der Waals surface area contributed by atoms with E-state index in [0.717, 1.165) is 0 Å². The summed E-state index contributed by atoms with van der Waals surface area (Å²) in [5.74, 6) is -1.61. The van der Waals surface area contributed by atoms with Crippen LogP contribution in [0.15, 0.2) is 12.4 Å². The second kappa shape index (κ2) is 2.38. The van der Waals surface area contributed by atoms with Crippen LogP contribution < -0.4 is 22.1 Å². The van der Waals surface area contributed by atoms with Gasteiger partial charge < -0.3 is 10.6 Å². The maximum Gasteiger partial charge on any atom is 0.277 e. The Morgan fingerprint density at radius 1 is 1.23 bits per heavy atom. The standard InChI is InChI=1S/C6H8N6O/c7-6(8)11-4-3(5(13)12-6)9-1-2-10-4/h1-2H,7-8H2,(H,10,11)(H,12,13). The molecule has 0 aromatic carbocycles. The van der Waals surface area contributed by atoms with E-state index < -0.39 is 11.8 Å². The largest absolute Gasteiger partial charge is 0.321 e. The molecule has 68 valence electrons. The molecule has 6 N–H and O–H groups in total. The van der Waals surface area contributed by atoms with Gasteiger partial charge >= 0.3 is 0 Å². The van der Waals surface area contributed by atoms with Crippen LogP contribution in [0, 0.1) is 0 Å². The molecule has 2 rings (SSSR count). The average Bonchev–Trinajstić information content (AvgIpc) is 2.02. The first-order valence-corrected chi connectivity index (χ1v) is 3.58. The first-order valence-electron chi connectivity index (χ1n) is 3.58. The minimum Gasteiger partial charge on any atom is -0.321 e. The van der Waals surface area contributed by atoms with Crippen molar-refractivity contribution in [2.24, 2.45) is 11.5 Å². The van der Waals surface area contributed by atoms with Crippen molar-refractivity contribution in [1.82, 2.24) is 15.3 Å². The van der Waals surface area contributed by atoms with Gasteiger partial charge in [0.25, 0.3) is 5.91 Å². The number of carbonyl (C=O) groups excluding carboxylic acids is 1. The predicted molar refractivity (Wildman–Crippen MR) is 44.2 cm³/mol. The van der Waals surface area contributed by atoms with E-state index in [0.29, 0.717) is 0 Å². The number of carbonyl (C=O) groups is 1. The van der Waals surface area contributed by atoms with Crippen LogP contribution in [-0.4, -0.2) is 21.8 Å². The molecule has 1 aromatic heterocycles. The minimum absolute atomic E-state index is 0.189. The first kappa shape index (κ1) is 7.90. The predicted octanol–water partition coefficient (Wildman–Crippen LogP) is -1.84. The molecule has 0 bridgehead atoms. The molecule has 7 nitrogen and oxygen atoms in total. The zero-order chi connectivity index (χ0) is 9.47. The number of amides is 1. The van der Waals surface area contributed by atoms with Gasteiger partial charge in [0.15, 0.2) is 11.5 Å². The third-order valence-electron chi connectivity index (χ3n) is 1.56. The molecule has 7 heteroatoms. The molecule has 1 aromatic rings. The summed E-state index contributed by atoms with van der Waals surface area (Å²) in [6.07, 6.45) is 2.86. The molecule has 0 radical (unpaired) electrons. The summed E-state index contributed by atoms with van der Waals surface area (Å²) in [6.45, 7) is 0. The summed E-state index contributed by atoms with van der Waals surface area (Å²) in [4.78, 5) is 19.0. The third kappa shape index (κ3) is 1.30. The second-order valence-corrected chi connectivity index (χ2v) is 2.70. The smallest absolute Gasteiger partial charge is 0.277 e. The zero-order valence-corrected chi connectivity index (χ0v) is 6.61. The summed E-state index contributed by atoms with van der Waals surface area (Å²) < 4.78 is 0. The Morgan fingerprint density at radius 3 is 2.69 bits per heavy atom. The molecule has 13 heavy (non-hydrogen) atoms. The van der Waals surface area contributed by atoms with Crippen LogP contribution in [0.5, 0.6) is 0 Å². The Morgan fingerprint density at radius 2 is 1.92 bits per heavy atom. The molecule has 0 fully saturated rings. The van der Waals surface area contributed by atoms with Crippen molar-refractivity contribution in [2.75, 3.05) is 5.32 Å². The van der Waals surface area contributed by atoms with Gasteiger partial charge in [-0.1, -0.05) is 0 Å². The Labute approximate surface area is 73.5 Å². The van der Waals surface area contributed by atoms with Gasteiger partial charge in [-0.15, -0.1) is 0 Å². The topological polar surface area (TPSA) is 119 Å². The van der Waals surface area contributed by atoms with Gasteiger partial charge in [0.1, 0.15) is 0 Å². The van der Waals surface area contributed by atoms with E-state index in [9.17, 15) is 4.79 Å². The number of hydrogen-bond donors (Lipinski definition) is 4. The lowest BCUT2D eigenvalue weighted by Crippen LogP contribution is -2.70. The van der Waals surface area contributed by atoms with Crippen LogP contribution in [0.4, 0.5) is 5.82 Å². The number of hydrogen-bond acceptors (Lipinski definition) is 6. The number of nitrogens with zero attached hydrogens (tertiary/aromatic N) is 2. The molecule has 1 aliphatic rings. The van der Waals surface area contributed by atoms with Crippen molar-refractivity contribution in [3.8, 4) is 0 Å². The summed E-state index contributed by atoms with van der Waals surface area (Å²) in [5.41, 5.74) is 11.1. The van der Waals surface area contributed by atoms with E-state index in [1.54, 1.807) is 0 Å². The van der Waals surface area contributed by atoms with Crippen molar-refractivity contribution in [3.05, 3.63) is 18.1 Å². The Balaban J connectivity index is 2.49. The van der Waals surface area contributed by atoms with Crippen molar-refractivity contribution in [3.63, 3.8) is 0 Å². The van der Waals surface area contributed by atoms with Gasteiger partial charge in [0, 0.05) is 12.4 Å². The average molecular weight is 180 g/mol. The molecule has 0 atom stereocenters. The van der Waals surface area contributed by atoms with E-state index in [-0.39, 0.29) is 11.5 Å². The van der Waals surface area contributed by atoms with Crippen LogP contribution in [0.2, 0.25) is 0 Å². The molecule has 2 heterocycles. The van der Waals surface area contributed by atoms with Gasteiger partial charge in [0.2, 0.25) is 5.91 Å². The molecule has 0 saturated heterocycles. The summed E-state index contributed by atoms with van der Waals surface area (Å²) in [5, 5.41) is 4.93. The van der Waals surface area contributed by atoms with Crippen molar-refractivity contribution >= 4 is 11.7 Å². The van der Waals surface area contributed by atoms with E-state index in [1.165, 1.54) is 12.4 Å². The number of fused-ring (bicyclic) bond motifs is 1. The fraction of sp³-hybridized carbons (Fsp3) is 0.167. The number of aromatic nitrogens is 2. The maximum atomic E-state index is 11.3. The number of nitrogens with one attached hydrogen (secondary N) is 2. The third-order valence-corrected chi connectivity index (χ3v) is 1.56. The zero-order valence-electron chi connectivity index (χ0n) is 6.61. The van der Waals surface area contributed by atoms with Gasteiger partial charge in [-0.3, -0.25) is 16.3 Å².